The van der Waals surface area contributed by atoms with E-state index in [2.05, 4.69) is 15.5 Å². The molecule has 1 aliphatic rings. The largest absolute Gasteiger partial charge is 0.484 e. The number of primary amides is 1. The van der Waals surface area contributed by atoms with Crippen molar-refractivity contribution in [1.29, 1.82) is 0 Å². The van der Waals surface area contributed by atoms with Crippen LogP contribution in [0, 0.1) is 6.92 Å². The number of carbonyl (C=O) groups excluding carboxylic acids is 2. The van der Waals surface area contributed by atoms with Crippen LogP contribution >= 0.6 is 0 Å². The van der Waals surface area contributed by atoms with Gasteiger partial charge in [-0.3, -0.25) is 14.7 Å². The third-order valence-corrected chi connectivity index (χ3v) is 3.65. The van der Waals surface area contributed by atoms with Gasteiger partial charge in [0, 0.05) is 23.6 Å². The topological polar surface area (TPSA) is 110 Å². The number of aryl methyl sites for hydroxylation is 1. The number of amides is 2. The van der Waals surface area contributed by atoms with Gasteiger partial charge in [0.25, 0.3) is 5.91 Å². The van der Waals surface area contributed by atoms with E-state index in [-0.39, 0.29) is 18.4 Å². The highest BCUT2D eigenvalue weighted by Gasteiger charge is 2.30. The number of benzene rings is 1. The Kier molecular flexibility index (Phi) is 3.54. The van der Waals surface area contributed by atoms with E-state index >= 15 is 0 Å². The summed E-state index contributed by atoms with van der Waals surface area (Å²) < 4.78 is 5.24. The smallest absolute Gasteiger partial charge is 0.255 e. The number of hydrogen-bond acceptors (Lipinski definition) is 4. The number of H-pyrrole nitrogens is 1. The van der Waals surface area contributed by atoms with E-state index in [1.54, 1.807) is 12.1 Å². The molecule has 22 heavy (non-hydrogen) atoms. The second-order valence-corrected chi connectivity index (χ2v) is 5.24. The van der Waals surface area contributed by atoms with Crippen molar-refractivity contribution >= 4 is 17.6 Å². The Bertz CT molecular complexity index is 721. The first-order chi connectivity index (χ1) is 10.5. The number of nitrogens with two attached hydrogens (primary N) is 1. The molecular weight excluding hydrogens is 284 g/mol. The lowest BCUT2D eigenvalue weighted by Crippen LogP contribution is -2.23. The number of nitrogens with one attached hydrogen (secondary N) is 2. The van der Waals surface area contributed by atoms with Gasteiger partial charge in [-0.05, 0) is 24.6 Å². The van der Waals surface area contributed by atoms with Crippen LogP contribution < -0.4 is 15.8 Å². The van der Waals surface area contributed by atoms with E-state index in [9.17, 15) is 9.59 Å². The standard InChI is InChI=1S/C15H16N4O3/c1-8-14-11(6-13(21)17-15(14)19-18-8)9-2-4-10(5-3-9)22-7-12(16)20/h2-5,11H,6-7H2,1H3,(H2,16,20)(H2,17,18,19,21)/t11-/m0/s1. The van der Waals surface area contributed by atoms with Crippen LogP contribution in [0.5, 0.6) is 5.75 Å². The maximum absolute atomic E-state index is 11.8. The number of anilines is 1. The van der Waals surface area contributed by atoms with Gasteiger partial charge in [-0.25, -0.2) is 0 Å². The number of aromatic nitrogens is 2. The highest BCUT2D eigenvalue weighted by molar-refractivity contribution is 5.94. The minimum Gasteiger partial charge on any atom is -0.484 e. The lowest BCUT2D eigenvalue weighted by molar-refractivity contribution is -0.120. The zero-order chi connectivity index (χ0) is 15.7. The van der Waals surface area contributed by atoms with Crippen molar-refractivity contribution in [2.75, 3.05) is 11.9 Å². The molecule has 1 aliphatic heterocycles. The molecule has 2 heterocycles. The number of aromatic amines is 1. The summed E-state index contributed by atoms with van der Waals surface area (Å²) in [5.74, 6) is 0.525. The molecule has 1 aromatic carbocycles. The molecule has 2 amide bonds. The van der Waals surface area contributed by atoms with Crippen molar-refractivity contribution in [3.8, 4) is 5.75 Å². The first-order valence-corrected chi connectivity index (χ1v) is 6.90. The third-order valence-electron chi connectivity index (χ3n) is 3.65. The van der Waals surface area contributed by atoms with Crippen molar-refractivity contribution in [2.45, 2.75) is 19.3 Å². The number of rotatable bonds is 4. The lowest BCUT2D eigenvalue weighted by Gasteiger charge is -2.23. The van der Waals surface area contributed by atoms with Crippen LogP contribution in [-0.2, 0) is 9.59 Å². The van der Waals surface area contributed by atoms with Crippen LogP contribution in [0.3, 0.4) is 0 Å². The maximum Gasteiger partial charge on any atom is 0.255 e. The average molecular weight is 300 g/mol. The number of nitrogens with zero attached hydrogens (tertiary/aromatic N) is 1. The Balaban J connectivity index is 1.86. The van der Waals surface area contributed by atoms with Crippen LogP contribution in [-0.4, -0.2) is 28.6 Å². The summed E-state index contributed by atoms with van der Waals surface area (Å²) in [6.45, 7) is 1.77. The molecule has 3 rings (SSSR count). The highest BCUT2D eigenvalue weighted by Crippen LogP contribution is 2.38. The van der Waals surface area contributed by atoms with E-state index in [4.69, 9.17) is 10.5 Å². The fourth-order valence-electron chi connectivity index (χ4n) is 2.67. The van der Waals surface area contributed by atoms with Gasteiger partial charge in [-0.1, -0.05) is 12.1 Å². The molecule has 0 unspecified atom stereocenters. The summed E-state index contributed by atoms with van der Waals surface area (Å²) >= 11 is 0. The van der Waals surface area contributed by atoms with E-state index in [1.165, 1.54) is 0 Å². The molecule has 2 aromatic rings. The van der Waals surface area contributed by atoms with Gasteiger partial charge in [0.1, 0.15) is 5.75 Å². The van der Waals surface area contributed by atoms with E-state index in [1.807, 2.05) is 19.1 Å². The summed E-state index contributed by atoms with van der Waals surface area (Å²) in [4.78, 5) is 22.5. The summed E-state index contributed by atoms with van der Waals surface area (Å²) in [7, 11) is 0. The van der Waals surface area contributed by atoms with Gasteiger partial charge in [-0.2, -0.15) is 5.10 Å². The van der Waals surface area contributed by atoms with Crippen molar-refractivity contribution in [1.82, 2.24) is 10.2 Å². The summed E-state index contributed by atoms with van der Waals surface area (Å²) in [6.07, 6.45) is 0.370. The number of hydrogen-bond donors (Lipinski definition) is 3. The Morgan fingerprint density at radius 1 is 1.41 bits per heavy atom. The fourth-order valence-corrected chi connectivity index (χ4v) is 2.67. The van der Waals surface area contributed by atoms with E-state index in [0.29, 0.717) is 18.0 Å². The molecule has 7 nitrogen and oxygen atoms in total. The predicted octanol–water partition coefficient (Wildman–Crippen LogP) is 1.06. The van der Waals surface area contributed by atoms with Gasteiger partial charge in [0.05, 0.1) is 0 Å². The SMILES string of the molecule is Cc1[nH]nc2c1[C@H](c1ccc(OCC(N)=O)cc1)CC(=O)N2. The van der Waals surface area contributed by atoms with Gasteiger partial charge >= 0.3 is 0 Å². The minimum absolute atomic E-state index is 0.0484. The molecule has 0 spiro atoms. The lowest BCUT2D eigenvalue weighted by atomic mass is 9.86. The van der Waals surface area contributed by atoms with Crippen molar-refractivity contribution in [3.63, 3.8) is 0 Å². The summed E-state index contributed by atoms with van der Waals surface area (Å²) in [5, 5.41) is 9.79. The Morgan fingerprint density at radius 3 is 2.82 bits per heavy atom. The number of carbonyl (C=O) groups is 2. The first kappa shape index (κ1) is 14.1. The molecule has 7 heteroatoms. The van der Waals surface area contributed by atoms with Crippen LogP contribution in [0.25, 0.3) is 0 Å². The molecule has 0 saturated heterocycles. The molecule has 0 fully saturated rings. The molecule has 0 aliphatic carbocycles. The quantitative estimate of drug-likeness (QED) is 0.784. The maximum atomic E-state index is 11.8. The van der Waals surface area contributed by atoms with E-state index < -0.39 is 5.91 Å². The Labute approximate surface area is 126 Å². The Morgan fingerprint density at radius 2 is 2.14 bits per heavy atom. The monoisotopic (exact) mass is 300 g/mol. The second-order valence-electron chi connectivity index (χ2n) is 5.24. The molecular formula is C15H16N4O3. The Hall–Kier alpha value is -2.83. The molecule has 0 radical (unpaired) electrons. The van der Waals surface area contributed by atoms with Gasteiger partial charge in [0.2, 0.25) is 5.91 Å². The number of fused-ring (bicyclic) bond motifs is 1. The molecule has 0 saturated carbocycles. The van der Waals surface area contributed by atoms with Crippen LogP contribution in [0.2, 0.25) is 0 Å². The predicted molar refractivity (Wildman–Crippen MR) is 79.5 cm³/mol. The van der Waals surface area contributed by atoms with Crippen LogP contribution in [0.1, 0.15) is 29.2 Å². The van der Waals surface area contributed by atoms with Gasteiger partial charge < -0.3 is 15.8 Å². The van der Waals surface area contributed by atoms with Crippen LogP contribution in [0.15, 0.2) is 24.3 Å². The average Bonchev–Trinajstić information content (AvgIpc) is 2.86. The molecule has 1 aromatic heterocycles. The van der Waals surface area contributed by atoms with Gasteiger partial charge in [0.15, 0.2) is 12.4 Å². The summed E-state index contributed by atoms with van der Waals surface area (Å²) in [5.41, 5.74) is 7.98. The first-order valence-electron chi connectivity index (χ1n) is 6.90. The van der Waals surface area contributed by atoms with E-state index in [0.717, 1.165) is 16.8 Å². The third kappa shape index (κ3) is 2.65. The molecule has 0 bridgehead atoms. The molecule has 1 atom stereocenters. The van der Waals surface area contributed by atoms with Crippen molar-refractivity contribution in [3.05, 3.63) is 41.1 Å². The van der Waals surface area contributed by atoms with Crippen molar-refractivity contribution in [2.24, 2.45) is 5.73 Å². The fraction of sp³-hybridized carbons (Fsp3) is 0.267. The van der Waals surface area contributed by atoms with Crippen molar-refractivity contribution < 1.29 is 14.3 Å². The van der Waals surface area contributed by atoms with Gasteiger partial charge in [-0.15, -0.1) is 0 Å². The second kappa shape index (κ2) is 5.51. The molecule has 4 N–H and O–H groups in total. The zero-order valence-electron chi connectivity index (χ0n) is 12.1. The molecule has 114 valence electrons. The normalized spacial score (nSPS) is 16.8. The minimum atomic E-state index is -0.522. The summed E-state index contributed by atoms with van der Waals surface area (Å²) in [6, 6.07) is 7.30. The number of ether oxygens (including phenoxy) is 1. The highest BCUT2D eigenvalue weighted by atomic mass is 16.5. The zero-order valence-corrected chi connectivity index (χ0v) is 12.1. The van der Waals surface area contributed by atoms with Crippen LogP contribution in [0.4, 0.5) is 5.82 Å².